The van der Waals surface area contributed by atoms with Gasteiger partial charge in [-0.1, -0.05) is 274 Å². The Kier molecular flexibility index (Phi) is 12.9. The predicted octanol–water partition coefficient (Wildman–Crippen LogP) is 23.9. The van der Waals surface area contributed by atoms with E-state index in [0.29, 0.717) is 5.56 Å². The first-order valence-corrected chi connectivity index (χ1v) is 34.4. The first-order chi connectivity index (χ1) is 48.3. The molecule has 12 aromatic carbocycles. The molecular weight excluding hydrogens is 1170 g/mol. The van der Waals surface area contributed by atoms with E-state index in [1.165, 1.54) is 33.0 Å². The van der Waals surface area contributed by atoms with Gasteiger partial charge in [0, 0.05) is 50.0 Å². The smallest absolute Gasteiger partial charge is 0.252 e. The summed E-state index contributed by atoms with van der Waals surface area (Å²) in [5.74, 6) is 0. The Labute approximate surface area is 581 Å². The number of benzene rings is 12. The van der Waals surface area contributed by atoms with Crippen LogP contribution in [0.4, 0.5) is 34.1 Å². The van der Waals surface area contributed by atoms with Crippen molar-refractivity contribution in [1.29, 1.82) is 0 Å². The molecule has 0 bridgehead atoms. The fourth-order valence-electron chi connectivity index (χ4n) is 15.0. The van der Waals surface area contributed by atoms with Gasteiger partial charge in [0.2, 0.25) is 0 Å². The Bertz CT molecular complexity index is 5620. The van der Waals surface area contributed by atoms with E-state index < -0.39 is 11.5 Å². The Morgan fingerprint density at radius 2 is 0.742 bits per heavy atom. The van der Waals surface area contributed by atoms with E-state index in [4.69, 9.17) is 8.53 Å². The van der Waals surface area contributed by atoms with Crippen LogP contribution in [0.1, 0.15) is 139 Å². The second-order valence-electron chi connectivity index (χ2n) is 32.3. The molecule has 0 saturated heterocycles. The molecule has 0 spiro atoms. The van der Waals surface area contributed by atoms with Crippen molar-refractivity contribution in [2.24, 2.45) is 0 Å². The number of fused-ring (bicyclic) bond motifs is 10. The van der Waals surface area contributed by atoms with Gasteiger partial charge < -0.3 is 18.8 Å². The summed E-state index contributed by atoms with van der Waals surface area (Å²) >= 11 is 0. The van der Waals surface area contributed by atoms with Gasteiger partial charge in [0.15, 0.2) is 11.2 Å². The van der Waals surface area contributed by atoms with Crippen molar-refractivity contribution in [2.45, 2.75) is 131 Å². The fraction of sp³-hybridized carbons (Fsp3) is 0.217. The molecule has 478 valence electrons. The van der Waals surface area contributed by atoms with E-state index in [1.54, 1.807) is 0 Å². The third kappa shape index (κ3) is 10.5. The molecule has 0 saturated carbocycles. The Balaban J connectivity index is 1.02. The van der Waals surface area contributed by atoms with Gasteiger partial charge in [0.05, 0.1) is 29.3 Å². The van der Waals surface area contributed by atoms with Crippen LogP contribution in [0, 0.1) is 0 Å². The van der Waals surface area contributed by atoms with E-state index in [2.05, 4.69) is 331 Å². The standard InChI is InChI=1S/C92H86BN3O/c1-88(2,3)65-39-43-77-73(53-65)74-54-66(89(4,5)6)40-44-78(74)95(77)79-35-25-33-71-72-34-26-36-80(87(72)97-86(71)79)96-82-51-61(64-46-67(90(7,8)9)52-68(47-64)91(10,11)12)38-42-76(82)93-75-41-37-60(57-27-19-16-20-28-57)50-81(75)94(83-55-69(92(13,14)15)56-84(96)85(83)93)70-48-62(58-29-21-17-22-30-58)45-63(49-70)59-31-23-18-24-32-59/h16-56H,1-15H3/i16D,19D,20D,27D,28D. The molecule has 0 aliphatic carbocycles. The zero-order valence-electron chi connectivity index (χ0n) is 63.6. The third-order valence-electron chi connectivity index (χ3n) is 20.6. The van der Waals surface area contributed by atoms with Crippen LogP contribution in [0.3, 0.4) is 0 Å². The lowest BCUT2D eigenvalue weighted by atomic mass is 9.33. The van der Waals surface area contributed by atoms with E-state index >= 15 is 0 Å². The lowest BCUT2D eigenvalue weighted by molar-refractivity contribution is 0.569. The van der Waals surface area contributed by atoms with Gasteiger partial charge in [-0.3, -0.25) is 0 Å². The first kappa shape index (κ1) is 56.1. The van der Waals surface area contributed by atoms with Crippen LogP contribution < -0.4 is 26.2 Å². The fourth-order valence-corrected chi connectivity index (χ4v) is 15.0. The number of nitrogens with zero attached hydrogens (tertiary/aromatic N) is 3. The van der Waals surface area contributed by atoms with Crippen molar-refractivity contribution in [2.75, 3.05) is 9.80 Å². The van der Waals surface area contributed by atoms with E-state index in [9.17, 15) is 2.74 Å². The zero-order chi connectivity index (χ0) is 71.8. The van der Waals surface area contributed by atoms with Gasteiger partial charge in [-0.2, -0.15) is 0 Å². The molecule has 4 nitrogen and oxygen atoms in total. The maximum atomic E-state index is 9.44. The summed E-state index contributed by atoms with van der Waals surface area (Å²) < 4.78 is 55.7. The molecule has 0 N–H and O–H groups in total. The van der Waals surface area contributed by atoms with Crippen molar-refractivity contribution < 1.29 is 11.3 Å². The minimum atomic E-state index is -0.426. The van der Waals surface area contributed by atoms with Crippen molar-refractivity contribution in [3.05, 3.63) is 276 Å². The number of para-hydroxylation sites is 2. The lowest BCUT2D eigenvalue weighted by Gasteiger charge is -2.45. The minimum Gasteiger partial charge on any atom is -0.452 e. The highest BCUT2D eigenvalue weighted by Crippen LogP contribution is 2.52. The topological polar surface area (TPSA) is 24.6 Å². The van der Waals surface area contributed by atoms with Crippen LogP contribution in [-0.2, 0) is 27.1 Å². The predicted molar refractivity (Wildman–Crippen MR) is 417 cm³/mol. The van der Waals surface area contributed by atoms with Crippen LogP contribution in [0.15, 0.2) is 253 Å². The van der Waals surface area contributed by atoms with E-state index in [0.717, 1.165) is 128 Å². The lowest BCUT2D eigenvalue weighted by Crippen LogP contribution is -2.61. The van der Waals surface area contributed by atoms with Gasteiger partial charge >= 0.3 is 0 Å². The summed E-state index contributed by atoms with van der Waals surface area (Å²) in [7, 11) is 0. The van der Waals surface area contributed by atoms with Gasteiger partial charge in [-0.05, 0) is 195 Å². The minimum absolute atomic E-state index is 0.0628. The molecule has 2 aromatic heterocycles. The highest BCUT2D eigenvalue weighted by molar-refractivity contribution is 7.00. The number of hydrogen-bond acceptors (Lipinski definition) is 3. The van der Waals surface area contributed by atoms with Crippen LogP contribution in [0.2, 0.25) is 0 Å². The molecule has 0 unspecified atom stereocenters. The SMILES string of the molecule is [2H]c1c([2H])c([2H])c(-c2ccc3c(c2)N(c2cc(-c4ccccc4)cc(-c4ccccc4)c2)c2cc(C(C)(C)C)cc4c2B3c2ccc(-c3cc(C(C)(C)C)cc(C(C)(C)C)c3)cc2N4c2cccc3c2oc2c(-n4c5ccc(C(C)(C)C)cc5c5cc(C(C)(C)C)ccc54)cccc23)c([2H])c1[2H]. The Morgan fingerprint density at radius 3 is 1.25 bits per heavy atom. The van der Waals surface area contributed by atoms with Crippen LogP contribution in [0.5, 0.6) is 0 Å². The van der Waals surface area contributed by atoms with Crippen LogP contribution >= 0.6 is 0 Å². The van der Waals surface area contributed by atoms with E-state index in [-0.39, 0.29) is 58.1 Å². The number of rotatable bonds is 7. The molecule has 0 fully saturated rings. The Hall–Kier alpha value is -10.1. The van der Waals surface area contributed by atoms with Gasteiger partial charge in [-0.15, -0.1) is 0 Å². The van der Waals surface area contributed by atoms with Gasteiger partial charge in [-0.25, -0.2) is 0 Å². The monoisotopic (exact) mass is 1260 g/mol. The van der Waals surface area contributed by atoms with Crippen molar-refractivity contribution >= 4 is 101 Å². The Morgan fingerprint density at radius 1 is 0.299 bits per heavy atom. The summed E-state index contributed by atoms with van der Waals surface area (Å²) in [4.78, 5) is 4.91. The molecule has 0 radical (unpaired) electrons. The molecule has 5 heteroatoms. The highest BCUT2D eigenvalue weighted by atomic mass is 16.3. The molecular formula is C92H86BN3O. The molecule has 16 rings (SSSR count). The van der Waals surface area contributed by atoms with E-state index in [1.807, 2.05) is 6.07 Å². The quantitative estimate of drug-likeness (QED) is 0.149. The largest absolute Gasteiger partial charge is 0.452 e. The summed E-state index contributed by atoms with van der Waals surface area (Å²) in [5.41, 5.74) is 26.1. The van der Waals surface area contributed by atoms with Crippen LogP contribution in [-0.4, -0.2) is 11.3 Å². The number of furan rings is 1. The summed E-state index contributed by atoms with van der Waals surface area (Å²) in [6, 6.07) is 78.9. The van der Waals surface area contributed by atoms with Crippen molar-refractivity contribution in [1.82, 2.24) is 4.57 Å². The second kappa shape index (κ2) is 22.2. The third-order valence-corrected chi connectivity index (χ3v) is 20.6. The molecule has 14 aromatic rings. The highest BCUT2D eigenvalue weighted by Gasteiger charge is 2.45. The zero-order valence-corrected chi connectivity index (χ0v) is 58.6. The number of anilines is 6. The summed E-state index contributed by atoms with van der Waals surface area (Å²) in [6.45, 7) is 34.0. The average Bonchev–Trinajstić information content (AvgIpc) is 0.837. The molecule has 0 atom stereocenters. The summed E-state index contributed by atoms with van der Waals surface area (Å²) in [6.07, 6.45) is 0. The molecule has 4 heterocycles. The second-order valence-corrected chi connectivity index (χ2v) is 32.3. The first-order valence-electron chi connectivity index (χ1n) is 36.9. The van der Waals surface area contributed by atoms with Gasteiger partial charge in [0.25, 0.3) is 6.71 Å². The molecule has 0 amide bonds. The molecule has 2 aliphatic rings. The molecule has 2 aliphatic heterocycles. The van der Waals surface area contributed by atoms with Crippen LogP contribution in [0.25, 0.3) is 93.9 Å². The van der Waals surface area contributed by atoms with Crippen molar-refractivity contribution in [3.8, 4) is 50.2 Å². The summed E-state index contributed by atoms with van der Waals surface area (Å²) in [5, 5.41) is 4.44. The maximum absolute atomic E-state index is 9.44. The number of hydrogen-bond donors (Lipinski definition) is 0. The van der Waals surface area contributed by atoms with Gasteiger partial charge in [0.1, 0.15) is 0 Å². The molecule has 97 heavy (non-hydrogen) atoms. The average molecular weight is 1270 g/mol. The number of aromatic nitrogens is 1. The normalized spacial score (nSPS) is 14.2. The van der Waals surface area contributed by atoms with Crippen molar-refractivity contribution in [3.63, 3.8) is 0 Å². The maximum Gasteiger partial charge on any atom is 0.252 e.